The molecule has 3 rings (SSSR count). The fraction of sp³-hybridized carbons (Fsp3) is 0.118. The van der Waals surface area contributed by atoms with Crippen molar-refractivity contribution >= 4 is 16.8 Å². The van der Waals surface area contributed by atoms with Crippen LogP contribution in [-0.4, -0.2) is 10.9 Å². The Morgan fingerprint density at radius 1 is 1.10 bits per heavy atom. The number of hydrogen-bond acceptors (Lipinski definition) is 2. The highest BCUT2D eigenvalue weighted by molar-refractivity contribution is 5.97. The smallest absolute Gasteiger partial charge is 0.251 e. The van der Waals surface area contributed by atoms with Crippen LogP contribution < -0.4 is 11.1 Å². The fourth-order valence-corrected chi connectivity index (χ4v) is 2.34. The van der Waals surface area contributed by atoms with Crippen LogP contribution in [0.25, 0.3) is 10.9 Å². The topological polar surface area (TPSA) is 70.9 Å². The van der Waals surface area contributed by atoms with Crippen molar-refractivity contribution in [1.29, 1.82) is 0 Å². The van der Waals surface area contributed by atoms with Crippen LogP contribution in [0.5, 0.6) is 0 Å². The second-order valence-corrected chi connectivity index (χ2v) is 4.99. The predicted octanol–water partition coefficient (Wildman–Crippen LogP) is 2.56. The zero-order valence-corrected chi connectivity index (χ0v) is 11.6. The molecule has 0 radical (unpaired) electrons. The number of carbonyl (C=O) groups is 1. The summed E-state index contributed by atoms with van der Waals surface area (Å²) in [5.74, 6) is -0.0790. The molecule has 0 atom stereocenters. The van der Waals surface area contributed by atoms with Crippen LogP contribution in [0.3, 0.4) is 0 Å². The van der Waals surface area contributed by atoms with Crippen LogP contribution in [0.15, 0.2) is 54.7 Å². The summed E-state index contributed by atoms with van der Waals surface area (Å²) < 4.78 is 0. The first-order chi connectivity index (χ1) is 10.3. The average Bonchev–Trinajstić information content (AvgIpc) is 3.00. The second kappa shape index (κ2) is 5.81. The van der Waals surface area contributed by atoms with Crippen molar-refractivity contribution in [1.82, 2.24) is 10.3 Å². The number of H-pyrrole nitrogens is 1. The molecular formula is C17H17N3O. The van der Waals surface area contributed by atoms with Crippen LogP contribution in [0, 0.1) is 0 Å². The minimum absolute atomic E-state index is 0.0790. The van der Waals surface area contributed by atoms with E-state index in [0.29, 0.717) is 18.7 Å². The van der Waals surface area contributed by atoms with Crippen molar-refractivity contribution in [3.05, 3.63) is 71.4 Å². The Labute approximate surface area is 123 Å². The van der Waals surface area contributed by atoms with Gasteiger partial charge in [0.2, 0.25) is 0 Å². The molecular weight excluding hydrogens is 262 g/mol. The summed E-state index contributed by atoms with van der Waals surface area (Å²) in [5.41, 5.74) is 9.35. The van der Waals surface area contributed by atoms with Gasteiger partial charge in [0.05, 0.1) is 0 Å². The lowest BCUT2D eigenvalue weighted by atomic mass is 10.1. The molecule has 0 fully saturated rings. The molecule has 1 heterocycles. The Morgan fingerprint density at radius 3 is 2.81 bits per heavy atom. The first-order valence-corrected chi connectivity index (χ1v) is 6.89. The Balaban J connectivity index is 1.70. The number of nitrogens with one attached hydrogen (secondary N) is 2. The van der Waals surface area contributed by atoms with Crippen LogP contribution in [0.1, 0.15) is 21.5 Å². The highest BCUT2D eigenvalue weighted by atomic mass is 16.1. The van der Waals surface area contributed by atoms with E-state index in [4.69, 9.17) is 5.73 Å². The minimum atomic E-state index is -0.0790. The second-order valence-electron chi connectivity index (χ2n) is 4.99. The van der Waals surface area contributed by atoms with E-state index in [1.807, 2.05) is 54.7 Å². The van der Waals surface area contributed by atoms with Gasteiger partial charge >= 0.3 is 0 Å². The lowest BCUT2D eigenvalue weighted by Gasteiger charge is -2.07. The Morgan fingerprint density at radius 2 is 1.95 bits per heavy atom. The van der Waals surface area contributed by atoms with Crippen molar-refractivity contribution in [2.24, 2.45) is 5.73 Å². The van der Waals surface area contributed by atoms with Crippen molar-refractivity contribution in [3.63, 3.8) is 0 Å². The quantitative estimate of drug-likeness (QED) is 0.687. The van der Waals surface area contributed by atoms with Crippen molar-refractivity contribution in [2.45, 2.75) is 13.1 Å². The molecule has 0 bridgehead atoms. The molecule has 4 heteroatoms. The standard InChI is InChI=1S/C17H17N3O/c18-10-12-2-1-3-13(8-12)11-20-17(21)15-5-4-14-6-7-19-16(14)9-15/h1-9,19H,10-11,18H2,(H,20,21). The third-order valence-electron chi connectivity index (χ3n) is 3.50. The van der Waals surface area contributed by atoms with Crippen LogP contribution in [-0.2, 0) is 13.1 Å². The number of aromatic nitrogens is 1. The van der Waals surface area contributed by atoms with Gasteiger partial charge in [0.25, 0.3) is 5.91 Å². The zero-order valence-electron chi connectivity index (χ0n) is 11.6. The van der Waals surface area contributed by atoms with Crippen LogP contribution in [0.2, 0.25) is 0 Å². The number of nitrogens with two attached hydrogens (primary N) is 1. The summed E-state index contributed by atoms with van der Waals surface area (Å²) in [5, 5.41) is 4.03. The number of fused-ring (bicyclic) bond motifs is 1. The number of carbonyl (C=O) groups excluding carboxylic acids is 1. The summed E-state index contributed by atoms with van der Waals surface area (Å²) >= 11 is 0. The van der Waals surface area contributed by atoms with E-state index in [1.54, 1.807) is 0 Å². The molecule has 3 aromatic rings. The largest absolute Gasteiger partial charge is 0.361 e. The maximum absolute atomic E-state index is 12.2. The summed E-state index contributed by atoms with van der Waals surface area (Å²) in [4.78, 5) is 15.3. The first kappa shape index (κ1) is 13.4. The third-order valence-corrected chi connectivity index (χ3v) is 3.50. The van der Waals surface area contributed by atoms with Gasteiger partial charge in [-0.15, -0.1) is 0 Å². The molecule has 0 aliphatic carbocycles. The molecule has 21 heavy (non-hydrogen) atoms. The fourth-order valence-electron chi connectivity index (χ4n) is 2.34. The highest BCUT2D eigenvalue weighted by Gasteiger charge is 2.06. The number of rotatable bonds is 4. The Bertz CT molecular complexity index is 776. The van der Waals surface area contributed by atoms with Crippen LogP contribution >= 0.6 is 0 Å². The molecule has 1 aromatic heterocycles. The summed E-state index contributed by atoms with van der Waals surface area (Å²) in [6, 6.07) is 15.5. The molecule has 0 saturated carbocycles. The van der Waals surface area contributed by atoms with Gasteiger partial charge in [0, 0.05) is 30.4 Å². The lowest BCUT2D eigenvalue weighted by Crippen LogP contribution is -2.22. The van der Waals surface area contributed by atoms with Gasteiger partial charge in [-0.25, -0.2) is 0 Å². The SMILES string of the molecule is NCc1cccc(CNC(=O)c2ccc3cc[nH]c3c2)c1. The zero-order chi connectivity index (χ0) is 14.7. The van der Waals surface area contributed by atoms with Gasteiger partial charge in [-0.05, 0) is 34.7 Å². The van der Waals surface area contributed by atoms with E-state index in [9.17, 15) is 4.79 Å². The molecule has 0 unspecified atom stereocenters. The van der Waals surface area contributed by atoms with E-state index in [-0.39, 0.29) is 5.91 Å². The van der Waals surface area contributed by atoms with E-state index in [2.05, 4.69) is 10.3 Å². The molecule has 1 amide bonds. The van der Waals surface area contributed by atoms with Crippen molar-refractivity contribution in [3.8, 4) is 0 Å². The van der Waals surface area contributed by atoms with Gasteiger partial charge in [-0.1, -0.05) is 30.3 Å². The van der Waals surface area contributed by atoms with Gasteiger partial charge < -0.3 is 16.0 Å². The van der Waals surface area contributed by atoms with Gasteiger partial charge in [-0.2, -0.15) is 0 Å². The normalized spacial score (nSPS) is 10.7. The minimum Gasteiger partial charge on any atom is -0.361 e. The van der Waals surface area contributed by atoms with E-state index < -0.39 is 0 Å². The predicted molar refractivity (Wildman–Crippen MR) is 83.8 cm³/mol. The number of amides is 1. The highest BCUT2D eigenvalue weighted by Crippen LogP contribution is 2.14. The van der Waals surface area contributed by atoms with Gasteiger partial charge in [-0.3, -0.25) is 4.79 Å². The third kappa shape index (κ3) is 2.95. The molecule has 0 aliphatic rings. The van der Waals surface area contributed by atoms with E-state index >= 15 is 0 Å². The molecule has 4 N–H and O–H groups in total. The maximum Gasteiger partial charge on any atom is 0.251 e. The molecule has 0 spiro atoms. The summed E-state index contributed by atoms with van der Waals surface area (Å²) in [6.07, 6.45) is 1.87. The number of aromatic amines is 1. The van der Waals surface area contributed by atoms with Crippen molar-refractivity contribution in [2.75, 3.05) is 0 Å². The average molecular weight is 279 g/mol. The number of benzene rings is 2. The maximum atomic E-state index is 12.2. The Hall–Kier alpha value is -2.59. The molecule has 0 saturated heterocycles. The first-order valence-electron chi connectivity index (χ1n) is 6.89. The van der Waals surface area contributed by atoms with Crippen LogP contribution in [0.4, 0.5) is 0 Å². The van der Waals surface area contributed by atoms with E-state index in [0.717, 1.165) is 22.0 Å². The monoisotopic (exact) mass is 279 g/mol. The summed E-state index contributed by atoms with van der Waals surface area (Å²) in [7, 11) is 0. The lowest BCUT2D eigenvalue weighted by molar-refractivity contribution is 0.0951. The van der Waals surface area contributed by atoms with Gasteiger partial charge in [0.1, 0.15) is 0 Å². The number of hydrogen-bond donors (Lipinski definition) is 3. The van der Waals surface area contributed by atoms with Crippen molar-refractivity contribution < 1.29 is 4.79 Å². The molecule has 4 nitrogen and oxygen atoms in total. The molecule has 0 aliphatic heterocycles. The van der Waals surface area contributed by atoms with E-state index in [1.165, 1.54) is 0 Å². The summed E-state index contributed by atoms with van der Waals surface area (Å²) in [6.45, 7) is 1.00. The Kier molecular flexibility index (Phi) is 3.71. The molecule has 106 valence electrons. The molecule has 2 aromatic carbocycles. The van der Waals surface area contributed by atoms with Gasteiger partial charge in [0.15, 0.2) is 0 Å².